The monoisotopic (exact) mass is 471 g/mol. The first-order valence-corrected chi connectivity index (χ1v) is 11.0. The third kappa shape index (κ3) is 5.75. The molecular weight excluding hydrogens is 446 g/mol. The number of carbonyl (C=O) groups excluding carboxylic acids is 1. The second kappa shape index (κ2) is 11.2. The van der Waals surface area contributed by atoms with Gasteiger partial charge in [-0.25, -0.2) is 5.43 Å². The molecule has 2 aromatic carbocycles. The Labute approximate surface area is 195 Å². The number of methoxy groups -OCH3 is 3. The van der Waals surface area contributed by atoms with Gasteiger partial charge in [0.15, 0.2) is 34.0 Å². The topological polar surface area (TPSA) is 120 Å². The molecule has 11 heteroatoms. The molecule has 0 unspecified atom stereocenters. The average Bonchev–Trinajstić information content (AvgIpc) is 3.26. The summed E-state index contributed by atoms with van der Waals surface area (Å²) in [6.45, 7) is 2.61. The van der Waals surface area contributed by atoms with Crippen LogP contribution in [-0.2, 0) is 11.3 Å². The SMILES string of the molecule is CCn1c(SCC(=O)N/N=C\c2ccc(O)c(OC)c2)nnc1-c1ccc(OC)c(OC)c1. The number of hydrogen-bond donors (Lipinski definition) is 2. The number of hydrogen-bond acceptors (Lipinski definition) is 9. The predicted octanol–water partition coefficient (Wildman–Crippen LogP) is 2.94. The van der Waals surface area contributed by atoms with Crippen LogP contribution in [0.2, 0.25) is 0 Å². The Morgan fingerprint density at radius 3 is 2.55 bits per heavy atom. The molecule has 0 bridgehead atoms. The van der Waals surface area contributed by atoms with E-state index in [9.17, 15) is 9.90 Å². The lowest BCUT2D eigenvalue weighted by atomic mass is 10.2. The van der Waals surface area contributed by atoms with Crippen LogP contribution in [0.5, 0.6) is 23.0 Å². The van der Waals surface area contributed by atoms with Crippen molar-refractivity contribution in [1.82, 2.24) is 20.2 Å². The van der Waals surface area contributed by atoms with E-state index >= 15 is 0 Å². The van der Waals surface area contributed by atoms with Gasteiger partial charge in [0.2, 0.25) is 0 Å². The number of phenolic OH excluding ortho intramolecular Hbond substituents is 1. The van der Waals surface area contributed by atoms with Crippen LogP contribution in [0, 0.1) is 0 Å². The Hall–Kier alpha value is -3.73. The quantitative estimate of drug-likeness (QED) is 0.263. The molecule has 0 aliphatic rings. The number of nitrogens with zero attached hydrogens (tertiary/aromatic N) is 4. The Bertz CT molecular complexity index is 1150. The number of hydrazone groups is 1. The fourth-order valence-electron chi connectivity index (χ4n) is 2.99. The molecule has 0 aliphatic carbocycles. The van der Waals surface area contributed by atoms with E-state index in [-0.39, 0.29) is 17.4 Å². The fourth-order valence-corrected chi connectivity index (χ4v) is 3.78. The van der Waals surface area contributed by atoms with Gasteiger partial charge in [0, 0.05) is 12.1 Å². The lowest BCUT2D eigenvalue weighted by molar-refractivity contribution is -0.118. The molecule has 0 saturated carbocycles. The molecular formula is C22H25N5O5S. The Balaban J connectivity index is 1.64. The van der Waals surface area contributed by atoms with Crippen molar-refractivity contribution in [2.24, 2.45) is 5.10 Å². The summed E-state index contributed by atoms with van der Waals surface area (Å²) in [5.74, 6) is 2.06. The van der Waals surface area contributed by atoms with Gasteiger partial charge in [-0.3, -0.25) is 4.79 Å². The van der Waals surface area contributed by atoms with Gasteiger partial charge in [-0.15, -0.1) is 10.2 Å². The van der Waals surface area contributed by atoms with E-state index in [2.05, 4.69) is 20.7 Å². The van der Waals surface area contributed by atoms with Crippen molar-refractivity contribution in [3.63, 3.8) is 0 Å². The molecule has 0 spiro atoms. The summed E-state index contributed by atoms with van der Waals surface area (Å²) in [5, 5.41) is 22.7. The first-order chi connectivity index (χ1) is 16.0. The zero-order valence-electron chi connectivity index (χ0n) is 18.7. The maximum absolute atomic E-state index is 12.2. The maximum atomic E-state index is 12.2. The van der Waals surface area contributed by atoms with Crippen LogP contribution in [0.25, 0.3) is 11.4 Å². The lowest BCUT2D eigenvalue weighted by Crippen LogP contribution is -2.20. The van der Waals surface area contributed by atoms with E-state index in [1.54, 1.807) is 26.4 Å². The van der Waals surface area contributed by atoms with Gasteiger partial charge >= 0.3 is 0 Å². The number of phenols is 1. The fraction of sp³-hybridized carbons (Fsp3) is 0.273. The molecule has 0 atom stereocenters. The van der Waals surface area contributed by atoms with Crippen LogP contribution in [0.15, 0.2) is 46.7 Å². The summed E-state index contributed by atoms with van der Waals surface area (Å²) in [6, 6.07) is 10.3. The molecule has 1 amide bonds. The zero-order valence-corrected chi connectivity index (χ0v) is 19.5. The van der Waals surface area contributed by atoms with Crippen LogP contribution in [0.4, 0.5) is 0 Å². The molecule has 0 fully saturated rings. The smallest absolute Gasteiger partial charge is 0.250 e. The predicted molar refractivity (Wildman–Crippen MR) is 125 cm³/mol. The van der Waals surface area contributed by atoms with E-state index in [0.29, 0.717) is 40.3 Å². The third-order valence-electron chi connectivity index (χ3n) is 4.61. The minimum Gasteiger partial charge on any atom is -0.504 e. The maximum Gasteiger partial charge on any atom is 0.250 e. The highest BCUT2D eigenvalue weighted by atomic mass is 32.2. The zero-order chi connectivity index (χ0) is 23.8. The molecule has 10 nitrogen and oxygen atoms in total. The second-order valence-corrected chi connectivity index (χ2v) is 7.58. The number of ether oxygens (including phenoxy) is 3. The standard InChI is InChI=1S/C22H25N5O5S/c1-5-27-21(15-7-9-17(30-2)19(11-15)32-4)25-26-22(27)33-13-20(29)24-23-12-14-6-8-16(28)18(10-14)31-3/h6-12,28H,5,13H2,1-4H3,(H,24,29)/b23-12-. The van der Waals surface area contributed by atoms with Crippen molar-refractivity contribution in [2.45, 2.75) is 18.6 Å². The largest absolute Gasteiger partial charge is 0.504 e. The minimum atomic E-state index is -0.291. The van der Waals surface area contributed by atoms with Crippen LogP contribution in [0.1, 0.15) is 12.5 Å². The number of aromatic hydroxyl groups is 1. The highest BCUT2D eigenvalue weighted by Crippen LogP contribution is 2.32. The van der Waals surface area contributed by atoms with E-state index in [1.165, 1.54) is 31.2 Å². The van der Waals surface area contributed by atoms with Crippen LogP contribution < -0.4 is 19.6 Å². The van der Waals surface area contributed by atoms with E-state index in [1.807, 2.05) is 29.7 Å². The second-order valence-electron chi connectivity index (χ2n) is 6.63. The van der Waals surface area contributed by atoms with Crippen molar-refractivity contribution in [3.8, 4) is 34.4 Å². The molecule has 33 heavy (non-hydrogen) atoms. The number of rotatable bonds is 10. The first-order valence-electron chi connectivity index (χ1n) is 9.98. The summed E-state index contributed by atoms with van der Waals surface area (Å²) in [5.41, 5.74) is 3.97. The highest BCUT2D eigenvalue weighted by molar-refractivity contribution is 7.99. The molecule has 0 saturated heterocycles. The van der Waals surface area contributed by atoms with Gasteiger partial charge in [-0.1, -0.05) is 11.8 Å². The lowest BCUT2D eigenvalue weighted by Gasteiger charge is -2.10. The Morgan fingerprint density at radius 1 is 1.09 bits per heavy atom. The van der Waals surface area contributed by atoms with Crippen molar-refractivity contribution in [1.29, 1.82) is 0 Å². The van der Waals surface area contributed by atoms with E-state index in [4.69, 9.17) is 14.2 Å². The number of benzene rings is 2. The summed E-state index contributed by atoms with van der Waals surface area (Å²) in [7, 11) is 4.62. The Kier molecular flexibility index (Phi) is 8.14. The minimum absolute atomic E-state index is 0.0302. The number of carbonyl (C=O) groups is 1. The number of thioether (sulfide) groups is 1. The molecule has 0 aliphatic heterocycles. The number of amides is 1. The summed E-state index contributed by atoms with van der Waals surface area (Å²) in [4.78, 5) is 12.2. The molecule has 3 rings (SSSR count). The van der Waals surface area contributed by atoms with Gasteiger partial charge < -0.3 is 23.9 Å². The molecule has 1 heterocycles. The Morgan fingerprint density at radius 2 is 1.85 bits per heavy atom. The van der Waals surface area contributed by atoms with Crippen LogP contribution >= 0.6 is 11.8 Å². The van der Waals surface area contributed by atoms with Gasteiger partial charge in [0.1, 0.15) is 0 Å². The highest BCUT2D eigenvalue weighted by Gasteiger charge is 2.16. The van der Waals surface area contributed by atoms with Crippen LogP contribution in [0.3, 0.4) is 0 Å². The first kappa shape index (κ1) is 23.9. The van der Waals surface area contributed by atoms with E-state index < -0.39 is 0 Å². The molecule has 2 N–H and O–H groups in total. The number of aromatic nitrogens is 3. The van der Waals surface area contributed by atoms with Crippen LogP contribution in [-0.4, -0.2) is 59.1 Å². The molecule has 1 aromatic heterocycles. The van der Waals surface area contributed by atoms with Gasteiger partial charge in [0.25, 0.3) is 5.91 Å². The molecule has 3 aromatic rings. The molecule has 174 valence electrons. The average molecular weight is 472 g/mol. The van der Waals surface area contributed by atoms with E-state index in [0.717, 1.165) is 5.56 Å². The van der Waals surface area contributed by atoms with Gasteiger partial charge in [0.05, 0.1) is 33.3 Å². The summed E-state index contributed by atoms with van der Waals surface area (Å²) in [6.07, 6.45) is 1.47. The van der Waals surface area contributed by atoms with Crippen molar-refractivity contribution in [2.75, 3.05) is 27.1 Å². The third-order valence-corrected chi connectivity index (χ3v) is 5.58. The summed E-state index contributed by atoms with van der Waals surface area (Å²) >= 11 is 1.26. The van der Waals surface area contributed by atoms with Gasteiger partial charge in [-0.2, -0.15) is 5.10 Å². The number of nitrogens with one attached hydrogen (secondary N) is 1. The van der Waals surface area contributed by atoms with Crippen molar-refractivity contribution >= 4 is 23.9 Å². The molecule has 0 radical (unpaired) electrons. The van der Waals surface area contributed by atoms with Crippen molar-refractivity contribution < 1.29 is 24.1 Å². The summed E-state index contributed by atoms with van der Waals surface area (Å²) < 4.78 is 17.6. The normalized spacial score (nSPS) is 10.9. The van der Waals surface area contributed by atoms with Gasteiger partial charge in [-0.05, 0) is 48.9 Å². The van der Waals surface area contributed by atoms with Crippen molar-refractivity contribution in [3.05, 3.63) is 42.0 Å².